The molecule has 0 aliphatic carbocycles. The summed E-state index contributed by atoms with van der Waals surface area (Å²) in [5.41, 5.74) is 1.10. The Morgan fingerprint density at radius 1 is 1.24 bits per heavy atom. The molecule has 2 nitrogen and oxygen atoms in total. The van der Waals surface area contributed by atoms with Gasteiger partial charge < -0.3 is 0 Å². The zero-order valence-corrected chi connectivity index (χ0v) is 12.2. The third kappa shape index (κ3) is 5.80. The van der Waals surface area contributed by atoms with Crippen molar-refractivity contribution in [1.29, 1.82) is 0 Å². The standard InChI is InChI=1S/C12H17ClO2S2/c1-2-17(14,15)9-3-8-16-12-6-4-11(10-13)5-7-12/h4-7H,2-3,8-10H2,1H3. The van der Waals surface area contributed by atoms with Gasteiger partial charge in [0.05, 0.1) is 5.75 Å². The molecule has 0 spiro atoms. The molecule has 1 rings (SSSR count). The molecule has 0 saturated heterocycles. The minimum atomic E-state index is -2.82. The van der Waals surface area contributed by atoms with Crippen LogP contribution in [0.3, 0.4) is 0 Å². The van der Waals surface area contributed by atoms with E-state index in [4.69, 9.17) is 11.6 Å². The molecule has 0 atom stereocenters. The first-order valence-electron chi connectivity index (χ1n) is 5.55. The minimum Gasteiger partial charge on any atom is -0.229 e. The van der Waals surface area contributed by atoms with Gasteiger partial charge in [0.25, 0.3) is 0 Å². The highest BCUT2D eigenvalue weighted by Gasteiger charge is 2.06. The zero-order chi connectivity index (χ0) is 12.7. The van der Waals surface area contributed by atoms with Crippen LogP contribution in [0.25, 0.3) is 0 Å². The number of thioether (sulfide) groups is 1. The van der Waals surface area contributed by atoms with E-state index in [0.717, 1.165) is 16.2 Å². The summed E-state index contributed by atoms with van der Waals surface area (Å²) in [5.74, 6) is 1.89. The van der Waals surface area contributed by atoms with Crippen molar-refractivity contribution >= 4 is 33.2 Å². The minimum absolute atomic E-state index is 0.238. The maximum absolute atomic E-state index is 11.3. The summed E-state index contributed by atoms with van der Waals surface area (Å²) in [6.45, 7) is 1.69. The van der Waals surface area contributed by atoms with Gasteiger partial charge in [-0.1, -0.05) is 19.1 Å². The number of rotatable bonds is 7. The first kappa shape index (κ1) is 14.9. The van der Waals surface area contributed by atoms with Crippen molar-refractivity contribution in [2.45, 2.75) is 24.1 Å². The molecule has 0 unspecified atom stereocenters. The van der Waals surface area contributed by atoms with Gasteiger partial charge in [-0.25, -0.2) is 8.42 Å². The number of alkyl halides is 1. The molecule has 0 radical (unpaired) electrons. The monoisotopic (exact) mass is 292 g/mol. The van der Waals surface area contributed by atoms with Crippen LogP contribution in [0.15, 0.2) is 29.2 Å². The molecule has 0 amide bonds. The Morgan fingerprint density at radius 3 is 2.41 bits per heavy atom. The van der Waals surface area contributed by atoms with Gasteiger partial charge in [0.2, 0.25) is 0 Å². The number of halogens is 1. The van der Waals surface area contributed by atoms with Crippen molar-refractivity contribution in [1.82, 2.24) is 0 Å². The molecular weight excluding hydrogens is 276 g/mol. The predicted molar refractivity (Wildman–Crippen MR) is 75.7 cm³/mol. The van der Waals surface area contributed by atoms with Gasteiger partial charge in [0.1, 0.15) is 9.84 Å². The van der Waals surface area contributed by atoms with Crippen molar-refractivity contribution < 1.29 is 8.42 Å². The van der Waals surface area contributed by atoms with E-state index >= 15 is 0 Å². The maximum Gasteiger partial charge on any atom is 0.150 e. The van der Waals surface area contributed by atoms with E-state index in [1.807, 2.05) is 24.3 Å². The molecule has 17 heavy (non-hydrogen) atoms. The fourth-order valence-corrected chi connectivity index (χ4v) is 3.37. The van der Waals surface area contributed by atoms with Crippen LogP contribution in [0.4, 0.5) is 0 Å². The van der Waals surface area contributed by atoms with E-state index in [9.17, 15) is 8.42 Å². The Balaban J connectivity index is 2.31. The van der Waals surface area contributed by atoms with Crippen molar-refractivity contribution in [2.75, 3.05) is 17.3 Å². The van der Waals surface area contributed by atoms with Crippen LogP contribution >= 0.6 is 23.4 Å². The van der Waals surface area contributed by atoms with Gasteiger partial charge in [-0.15, -0.1) is 23.4 Å². The summed E-state index contributed by atoms with van der Waals surface area (Å²) in [7, 11) is -2.82. The Morgan fingerprint density at radius 2 is 1.88 bits per heavy atom. The highest BCUT2D eigenvalue weighted by Crippen LogP contribution is 2.20. The SMILES string of the molecule is CCS(=O)(=O)CCCSc1ccc(CCl)cc1. The van der Waals surface area contributed by atoms with E-state index < -0.39 is 9.84 Å². The molecule has 0 N–H and O–H groups in total. The quantitative estimate of drug-likeness (QED) is 0.439. The van der Waals surface area contributed by atoms with Crippen LogP contribution < -0.4 is 0 Å². The third-order valence-corrected chi connectivity index (χ3v) is 5.58. The van der Waals surface area contributed by atoms with Crippen LogP contribution in [0.1, 0.15) is 18.9 Å². The summed E-state index contributed by atoms with van der Waals surface area (Å²) >= 11 is 7.38. The number of benzene rings is 1. The number of hydrogen-bond donors (Lipinski definition) is 0. The maximum atomic E-state index is 11.3. The fourth-order valence-electron chi connectivity index (χ4n) is 1.29. The van der Waals surface area contributed by atoms with Gasteiger partial charge in [-0.05, 0) is 29.9 Å². The van der Waals surface area contributed by atoms with E-state index in [0.29, 0.717) is 12.3 Å². The average Bonchev–Trinajstić information content (AvgIpc) is 2.35. The lowest BCUT2D eigenvalue weighted by Gasteiger charge is -2.03. The van der Waals surface area contributed by atoms with Gasteiger partial charge in [-0.2, -0.15) is 0 Å². The second-order valence-electron chi connectivity index (χ2n) is 3.72. The Kier molecular flexibility index (Phi) is 6.38. The second-order valence-corrected chi connectivity index (χ2v) is 7.62. The van der Waals surface area contributed by atoms with Crippen LogP contribution in [0.5, 0.6) is 0 Å². The topological polar surface area (TPSA) is 34.1 Å². The molecule has 0 aromatic heterocycles. The van der Waals surface area contributed by atoms with Gasteiger partial charge >= 0.3 is 0 Å². The summed E-state index contributed by atoms with van der Waals surface area (Å²) in [4.78, 5) is 1.16. The molecule has 96 valence electrons. The van der Waals surface area contributed by atoms with Gasteiger partial charge in [-0.3, -0.25) is 0 Å². The summed E-state index contributed by atoms with van der Waals surface area (Å²) in [6, 6.07) is 8.05. The largest absolute Gasteiger partial charge is 0.229 e. The van der Waals surface area contributed by atoms with Crippen LogP contribution in [0, 0.1) is 0 Å². The summed E-state index contributed by atoms with van der Waals surface area (Å²) < 4.78 is 22.5. The summed E-state index contributed by atoms with van der Waals surface area (Å²) in [6.07, 6.45) is 0.706. The van der Waals surface area contributed by atoms with Crippen LogP contribution in [0.2, 0.25) is 0 Å². The van der Waals surface area contributed by atoms with Gasteiger partial charge in [0.15, 0.2) is 0 Å². The molecular formula is C12H17ClO2S2. The smallest absolute Gasteiger partial charge is 0.150 e. The van der Waals surface area contributed by atoms with Crippen LogP contribution in [-0.2, 0) is 15.7 Å². The van der Waals surface area contributed by atoms with Crippen molar-refractivity contribution in [3.63, 3.8) is 0 Å². The lowest BCUT2D eigenvalue weighted by Crippen LogP contribution is -2.09. The third-order valence-electron chi connectivity index (χ3n) is 2.39. The Labute approximate surface area is 113 Å². The first-order valence-corrected chi connectivity index (χ1v) is 8.89. The lowest BCUT2D eigenvalue weighted by atomic mass is 10.2. The number of hydrogen-bond acceptors (Lipinski definition) is 3. The normalized spacial score (nSPS) is 11.6. The summed E-state index contributed by atoms with van der Waals surface area (Å²) in [5, 5.41) is 0. The predicted octanol–water partition coefficient (Wildman–Crippen LogP) is 3.34. The fraction of sp³-hybridized carbons (Fsp3) is 0.500. The molecule has 1 aromatic rings. The highest BCUT2D eigenvalue weighted by molar-refractivity contribution is 7.99. The molecule has 0 aliphatic rings. The average molecular weight is 293 g/mol. The van der Waals surface area contributed by atoms with Gasteiger partial charge in [0, 0.05) is 16.5 Å². The van der Waals surface area contributed by atoms with E-state index in [-0.39, 0.29) is 11.5 Å². The van der Waals surface area contributed by atoms with Crippen LogP contribution in [-0.4, -0.2) is 25.7 Å². The van der Waals surface area contributed by atoms with E-state index in [1.54, 1.807) is 18.7 Å². The van der Waals surface area contributed by atoms with Crippen molar-refractivity contribution in [3.8, 4) is 0 Å². The molecule has 0 heterocycles. The molecule has 0 saturated carbocycles. The molecule has 0 aliphatic heterocycles. The van der Waals surface area contributed by atoms with Crippen molar-refractivity contribution in [3.05, 3.63) is 29.8 Å². The molecule has 1 aromatic carbocycles. The number of sulfone groups is 1. The zero-order valence-electron chi connectivity index (χ0n) is 9.86. The highest BCUT2D eigenvalue weighted by atomic mass is 35.5. The molecule has 0 bridgehead atoms. The van der Waals surface area contributed by atoms with Crippen molar-refractivity contribution in [2.24, 2.45) is 0 Å². The lowest BCUT2D eigenvalue weighted by molar-refractivity contribution is 0.596. The first-order chi connectivity index (χ1) is 8.07. The molecule has 5 heteroatoms. The second kappa shape index (κ2) is 7.29. The Bertz CT molecular complexity index is 426. The molecule has 0 fully saturated rings. The Hall–Kier alpha value is -0.190. The van der Waals surface area contributed by atoms with E-state index in [1.165, 1.54) is 0 Å². The van der Waals surface area contributed by atoms with E-state index in [2.05, 4.69) is 0 Å².